The van der Waals surface area contributed by atoms with Gasteiger partial charge in [0.15, 0.2) is 5.65 Å². The molecule has 70 valence electrons. The molecule has 0 aliphatic heterocycles. The van der Waals surface area contributed by atoms with Crippen molar-refractivity contribution in [2.24, 2.45) is 0 Å². The molecule has 1 amide bonds. The van der Waals surface area contributed by atoms with E-state index in [0.717, 1.165) is 5.39 Å². The molecule has 2 aromatic heterocycles. The summed E-state index contributed by atoms with van der Waals surface area (Å²) in [6.07, 6.45) is 3.20. The number of nitrogens with zero attached hydrogens (tertiary/aromatic N) is 2. The molecule has 0 bridgehead atoms. The summed E-state index contributed by atoms with van der Waals surface area (Å²) >= 11 is 0. The van der Waals surface area contributed by atoms with Crippen LogP contribution < -0.4 is 5.32 Å². The summed E-state index contributed by atoms with van der Waals surface area (Å²) in [5, 5.41) is 3.42. The van der Waals surface area contributed by atoms with Crippen molar-refractivity contribution in [1.29, 1.82) is 0 Å². The second-order valence-corrected chi connectivity index (χ2v) is 2.85. The molecule has 0 radical (unpaired) electrons. The molecule has 2 aromatic rings. The number of nitrogens with one attached hydrogen (secondary N) is 1. The van der Waals surface area contributed by atoms with E-state index in [1.807, 2.05) is 12.1 Å². The van der Waals surface area contributed by atoms with E-state index < -0.39 is 0 Å². The number of pyridine rings is 2. The van der Waals surface area contributed by atoms with Crippen LogP contribution in [0.3, 0.4) is 0 Å². The third kappa shape index (κ3) is 1.42. The molecule has 0 aliphatic rings. The highest BCUT2D eigenvalue weighted by Crippen LogP contribution is 2.09. The minimum Gasteiger partial charge on any atom is -0.355 e. The Hall–Kier alpha value is -1.97. The first-order valence-corrected chi connectivity index (χ1v) is 4.24. The Morgan fingerprint density at radius 3 is 3.07 bits per heavy atom. The summed E-state index contributed by atoms with van der Waals surface area (Å²) in [6, 6.07) is 5.47. The maximum atomic E-state index is 11.3. The van der Waals surface area contributed by atoms with Gasteiger partial charge in [-0.1, -0.05) is 0 Å². The van der Waals surface area contributed by atoms with E-state index in [2.05, 4.69) is 15.3 Å². The summed E-state index contributed by atoms with van der Waals surface area (Å²) in [6.45, 7) is 0. The highest BCUT2D eigenvalue weighted by atomic mass is 16.1. The highest BCUT2D eigenvalue weighted by molar-refractivity contribution is 5.96. The second kappa shape index (κ2) is 3.41. The minimum atomic E-state index is -0.136. The Morgan fingerprint density at radius 2 is 2.29 bits per heavy atom. The van der Waals surface area contributed by atoms with E-state index in [9.17, 15) is 4.79 Å². The maximum Gasteiger partial charge on any atom is 0.252 e. The van der Waals surface area contributed by atoms with Crippen molar-refractivity contribution in [2.45, 2.75) is 0 Å². The van der Waals surface area contributed by atoms with Gasteiger partial charge in [-0.3, -0.25) is 4.79 Å². The zero-order valence-corrected chi connectivity index (χ0v) is 7.69. The smallest absolute Gasteiger partial charge is 0.252 e. The van der Waals surface area contributed by atoms with Gasteiger partial charge in [0.1, 0.15) is 0 Å². The Balaban J connectivity index is 2.56. The van der Waals surface area contributed by atoms with Gasteiger partial charge in [0.25, 0.3) is 5.91 Å². The predicted octanol–water partition coefficient (Wildman–Crippen LogP) is 0.989. The Labute approximate surface area is 81.0 Å². The van der Waals surface area contributed by atoms with Crippen LogP contribution in [0.5, 0.6) is 0 Å². The average Bonchev–Trinajstić information content (AvgIpc) is 2.27. The third-order valence-electron chi connectivity index (χ3n) is 1.94. The molecule has 4 heteroatoms. The van der Waals surface area contributed by atoms with Crippen LogP contribution in [0.2, 0.25) is 0 Å². The number of rotatable bonds is 1. The van der Waals surface area contributed by atoms with Crippen LogP contribution in [0.4, 0.5) is 0 Å². The van der Waals surface area contributed by atoms with Gasteiger partial charge in [-0.25, -0.2) is 9.97 Å². The van der Waals surface area contributed by atoms with Gasteiger partial charge in [0.05, 0.1) is 5.56 Å². The van der Waals surface area contributed by atoms with Gasteiger partial charge in [-0.05, 0) is 18.2 Å². The van der Waals surface area contributed by atoms with Crippen molar-refractivity contribution < 1.29 is 4.79 Å². The first kappa shape index (κ1) is 8.62. The van der Waals surface area contributed by atoms with Crippen LogP contribution in [-0.4, -0.2) is 22.9 Å². The van der Waals surface area contributed by atoms with Crippen molar-refractivity contribution >= 4 is 16.9 Å². The number of hydrogen-bond donors (Lipinski definition) is 1. The number of aromatic nitrogens is 2. The molecule has 0 spiro atoms. The van der Waals surface area contributed by atoms with E-state index in [0.29, 0.717) is 11.2 Å². The van der Waals surface area contributed by atoms with Crippen LogP contribution in [-0.2, 0) is 0 Å². The molecule has 0 saturated carbocycles. The van der Waals surface area contributed by atoms with Gasteiger partial charge in [-0.2, -0.15) is 0 Å². The number of fused-ring (bicyclic) bond motifs is 1. The van der Waals surface area contributed by atoms with Crippen molar-refractivity contribution in [3.63, 3.8) is 0 Å². The van der Waals surface area contributed by atoms with Crippen molar-refractivity contribution in [2.75, 3.05) is 7.05 Å². The summed E-state index contributed by atoms with van der Waals surface area (Å²) < 4.78 is 0. The minimum absolute atomic E-state index is 0.136. The summed E-state index contributed by atoms with van der Waals surface area (Å²) in [7, 11) is 1.59. The molecule has 0 atom stereocenters. The lowest BCUT2D eigenvalue weighted by molar-refractivity contribution is 0.0963. The summed E-state index contributed by atoms with van der Waals surface area (Å²) in [5.74, 6) is -0.136. The van der Waals surface area contributed by atoms with E-state index >= 15 is 0 Å². The van der Waals surface area contributed by atoms with Gasteiger partial charge < -0.3 is 5.32 Å². The zero-order chi connectivity index (χ0) is 9.97. The maximum absolute atomic E-state index is 11.3. The van der Waals surface area contributed by atoms with Crippen molar-refractivity contribution in [1.82, 2.24) is 15.3 Å². The van der Waals surface area contributed by atoms with Gasteiger partial charge >= 0.3 is 0 Å². The molecule has 2 heterocycles. The average molecular weight is 187 g/mol. The first-order chi connectivity index (χ1) is 6.81. The third-order valence-corrected chi connectivity index (χ3v) is 1.94. The van der Waals surface area contributed by atoms with Gasteiger partial charge in [-0.15, -0.1) is 0 Å². The molecule has 1 N–H and O–H groups in total. The Morgan fingerprint density at radius 1 is 1.43 bits per heavy atom. The second-order valence-electron chi connectivity index (χ2n) is 2.85. The molecule has 2 rings (SSSR count). The fraction of sp³-hybridized carbons (Fsp3) is 0.100. The van der Waals surface area contributed by atoms with Crippen LogP contribution in [0.1, 0.15) is 10.4 Å². The van der Waals surface area contributed by atoms with Crippen molar-refractivity contribution in [3.8, 4) is 0 Å². The molecule has 4 nitrogen and oxygen atoms in total. The monoisotopic (exact) mass is 187 g/mol. The molecular formula is C10H9N3O. The molecule has 0 unspecified atom stereocenters. The predicted molar refractivity (Wildman–Crippen MR) is 52.9 cm³/mol. The topological polar surface area (TPSA) is 54.9 Å². The SMILES string of the molecule is CNC(=O)c1cnc2ncccc2c1. The number of hydrogen-bond acceptors (Lipinski definition) is 3. The fourth-order valence-electron chi connectivity index (χ4n) is 1.23. The van der Waals surface area contributed by atoms with E-state index in [4.69, 9.17) is 0 Å². The fourth-order valence-corrected chi connectivity index (χ4v) is 1.23. The van der Waals surface area contributed by atoms with Gasteiger partial charge in [0, 0.05) is 24.8 Å². The molecule has 0 aliphatic carbocycles. The first-order valence-electron chi connectivity index (χ1n) is 4.24. The van der Waals surface area contributed by atoms with E-state index in [-0.39, 0.29) is 5.91 Å². The molecule has 14 heavy (non-hydrogen) atoms. The molecule has 0 aromatic carbocycles. The van der Waals surface area contributed by atoms with Crippen molar-refractivity contribution in [3.05, 3.63) is 36.2 Å². The number of carbonyl (C=O) groups excluding carboxylic acids is 1. The summed E-state index contributed by atoms with van der Waals surface area (Å²) in [4.78, 5) is 19.4. The van der Waals surface area contributed by atoms with E-state index in [1.54, 1.807) is 19.3 Å². The van der Waals surface area contributed by atoms with E-state index in [1.165, 1.54) is 6.20 Å². The standard InChI is InChI=1S/C10H9N3O/c1-11-10(14)8-5-7-3-2-4-12-9(7)13-6-8/h2-6H,1H3,(H,11,14). The normalized spacial score (nSPS) is 10.1. The Kier molecular flexibility index (Phi) is 2.10. The lowest BCUT2D eigenvalue weighted by Gasteiger charge is -2.00. The lowest BCUT2D eigenvalue weighted by Crippen LogP contribution is -2.17. The number of amides is 1. The largest absolute Gasteiger partial charge is 0.355 e. The van der Waals surface area contributed by atoms with Crippen LogP contribution in [0.25, 0.3) is 11.0 Å². The van der Waals surface area contributed by atoms with Crippen LogP contribution >= 0.6 is 0 Å². The lowest BCUT2D eigenvalue weighted by atomic mass is 10.2. The van der Waals surface area contributed by atoms with Crippen LogP contribution in [0, 0.1) is 0 Å². The molecular weight excluding hydrogens is 178 g/mol. The Bertz CT molecular complexity index is 482. The van der Waals surface area contributed by atoms with Gasteiger partial charge in [0.2, 0.25) is 0 Å². The quantitative estimate of drug-likeness (QED) is 0.724. The highest BCUT2D eigenvalue weighted by Gasteiger charge is 2.04. The number of carbonyl (C=O) groups is 1. The molecule has 0 saturated heterocycles. The zero-order valence-electron chi connectivity index (χ0n) is 7.69. The van der Waals surface area contributed by atoms with Crippen LogP contribution in [0.15, 0.2) is 30.6 Å². The summed E-state index contributed by atoms with van der Waals surface area (Å²) in [5.41, 5.74) is 1.20. The molecule has 0 fully saturated rings.